The van der Waals surface area contributed by atoms with Gasteiger partial charge in [-0.05, 0) is 107 Å². The van der Waals surface area contributed by atoms with Crippen LogP contribution in [-0.4, -0.2) is 8.97 Å². The topological polar surface area (TPSA) is 26.4 Å². The number of para-hydroxylation sites is 2. The molecule has 0 saturated heterocycles. The van der Waals surface area contributed by atoms with Gasteiger partial charge in [0, 0.05) is 43.4 Å². The Morgan fingerprint density at radius 2 is 1.27 bits per heavy atom. The molecule has 49 heavy (non-hydrogen) atoms. The van der Waals surface area contributed by atoms with Crippen LogP contribution in [0.3, 0.4) is 0 Å². The maximum Gasteiger partial charge on any atom is 0.263 e. The minimum Gasteiger partial charge on any atom is -0.309 e. The molecule has 0 fully saturated rings. The molecule has 9 aromatic rings. The van der Waals surface area contributed by atoms with Gasteiger partial charge in [-0.3, -0.25) is 9.20 Å². The molecule has 0 aliphatic heterocycles. The molecule has 2 aliphatic rings. The van der Waals surface area contributed by atoms with Gasteiger partial charge in [-0.25, -0.2) is 0 Å². The van der Waals surface area contributed by atoms with Crippen molar-refractivity contribution in [2.75, 3.05) is 0 Å². The molecule has 11 rings (SSSR count). The van der Waals surface area contributed by atoms with E-state index >= 15 is 0 Å². The molecule has 0 atom stereocenters. The number of benzene rings is 6. The van der Waals surface area contributed by atoms with Crippen molar-refractivity contribution < 1.29 is 0 Å². The molecule has 0 bridgehead atoms. The Kier molecular flexibility index (Phi) is 5.17. The Labute approximate surface area is 283 Å². The molecule has 3 nitrogen and oxygen atoms in total. The molecular formula is C46H32N2O. The first-order valence-electron chi connectivity index (χ1n) is 17.3. The van der Waals surface area contributed by atoms with E-state index in [1.54, 1.807) is 0 Å². The third-order valence-corrected chi connectivity index (χ3v) is 11.6. The average molecular weight is 629 g/mol. The molecule has 0 saturated carbocycles. The van der Waals surface area contributed by atoms with E-state index in [1.807, 2.05) is 22.6 Å². The SMILES string of the molecule is CC1(C)C2=C(C=CCC2)c2cc3c4cc(-c5ccc6c(c5)c5ccccc5n6-c5ccccc5)cc5c6ccccc6c(=O)n(c3cc21)c54. The summed E-state index contributed by atoms with van der Waals surface area (Å²) in [6.45, 7) is 4.70. The van der Waals surface area contributed by atoms with Crippen LogP contribution < -0.4 is 5.56 Å². The largest absolute Gasteiger partial charge is 0.309 e. The summed E-state index contributed by atoms with van der Waals surface area (Å²) in [6, 6.07) is 43.7. The second kappa shape index (κ2) is 9.36. The molecule has 0 amide bonds. The molecule has 0 spiro atoms. The van der Waals surface area contributed by atoms with Gasteiger partial charge in [0.05, 0.1) is 22.1 Å². The number of hydrogen-bond acceptors (Lipinski definition) is 1. The van der Waals surface area contributed by atoms with Crippen LogP contribution in [0.15, 0.2) is 144 Å². The van der Waals surface area contributed by atoms with Gasteiger partial charge in [0.2, 0.25) is 0 Å². The smallest absolute Gasteiger partial charge is 0.263 e. The first-order chi connectivity index (χ1) is 24.0. The zero-order valence-electron chi connectivity index (χ0n) is 27.4. The highest BCUT2D eigenvalue weighted by atomic mass is 16.1. The zero-order valence-corrected chi connectivity index (χ0v) is 27.4. The van der Waals surface area contributed by atoms with Gasteiger partial charge < -0.3 is 4.57 Å². The number of aromatic nitrogens is 2. The summed E-state index contributed by atoms with van der Waals surface area (Å²) >= 11 is 0. The summed E-state index contributed by atoms with van der Waals surface area (Å²) in [7, 11) is 0. The van der Waals surface area contributed by atoms with Gasteiger partial charge in [-0.2, -0.15) is 0 Å². The highest BCUT2D eigenvalue weighted by Gasteiger charge is 2.38. The number of rotatable bonds is 2. The Bertz CT molecular complexity index is 3020. The summed E-state index contributed by atoms with van der Waals surface area (Å²) in [6.07, 6.45) is 6.81. The Hall–Kier alpha value is -5.93. The van der Waals surface area contributed by atoms with Crippen LogP contribution in [0.4, 0.5) is 0 Å². The minimum atomic E-state index is -0.0711. The first-order valence-corrected chi connectivity index (χ1v) is 17.3. The van der Waals surface area contributed by atoms with E-state index < -0.39 is 0 Å². The van der Waals surface area contributed by atoms with E-state index in [2.05, 4.69) is 134 Å². The second-order valence-corrected chi connectivity index (χ2v) is 14.4. The van der Waals surface area contributed by atoms with Gasteiger partial charge in [-0.1, -0.05) is 92.2 Å². The Morgan fingerprint density at radius 3 is 2.10 bits per heavy atom. The van der Waals surface area contributed by atoms with E-state index in [-0.39, 0.29) is 11.0 Å². The van der Waals surface area contributed by atoms with E-state index in [0.29, 0.717) is 0 Å². The maximum atomic E-state index is 14.4. The van der Waals surface area contributed by atoms with Crippen LogP contribution >= 0.6 is 0 Å². The fourth-order valence-electron chi connectivity index (χ4n) is 9.27. The summed E-state index contributed by atoms with van der Waals surface area (Å²) in [5.74, 6) is 0. The average Bonchev–Trinajstić information content (AvgIpc) is 3.73. The quantitative estimate of drug-likeness (QED) is 0.175. The van der Waals surface area contributed by atoms with Crippen LogP contribution in [0, 0.1) is 0 Å². The van der Waals surface area contributed by atoms with Gasteiger partial charge >= 0.3 is 0 Å². The van der Waals surface area contributed by atoms with Crippen molar-refractivity contribution in [1.29, 1.82) is 0 Å². The van der Waals surface area contributed by atoms with Crippen LogP contribution in [0.5, 0.6) is 0 Å². The minimum absolute atomic E-state index is 0.0550. The monoisotopic (exact) mass is 628 g/mol. The Balaban J connectivity index is 1.25. The summed E-state index contributed by atoms with van der Waals surface area (Å²) in [5, 5.41) is 7.61. The highest BCUT2D eigenvalue weighted by Crippen LogP contribution is 2.52. The number of hydrogen-bond donors (Lipinski definition) is 0. The number of nitrogens with zero attached hydrogens (tertiary/aromatic N) is 2. The fraction of sp³-hybridized carbons (Fsp3) is 0.109. The predicted octanol–water partition coefficient (Wildman–Crippen LogP) is 11.4. The van der Waals surface area contributed by atoms with E-state index in [0.717, 1.165) is 62.1 Å². The van der Waals surface area contributed by atoms with Crippen LogP contribution in [-0.2, 0) is 5.41 Å². The van der Waals surface area contributed by atoms with Gasteiger partial charge in [0.1, 0.15) is 0 Å². The van der Waals surface area contributed by atoms with Crippen LogP contribution in [0.1, 0.15) is 37.8 Å². The summed E-state index contributed by atoms with van der Waals surface area (Å²) < 4.78 is 4.37. The van der Waals surface area contributed by atoms with Crippen molar-refractivity contribution in [3.8, 4) is 16.8 Å². The van der Waals surface area contributed by atoms with Crippen molar-refractivity contribution in [3.05, 3.63) is 161 Å². The van der Waals surface area contributed by atoms with Crippen molar-refractivity contribution in [2.45, 2.75) is 32.1 Å². The van der Waals surface area contributed by atoms with Crippen molar-refractivity contribution in [3.63, 3.8) is 0 Å². The number of pyridine rings is 1. The van der Waals surface area contributed by atoms with Crippen LogP contribution in [0.2, 0.25) is 0 Å². The normalized spacial score (nSPS) is 15.5. The molecule has 0 unspecified atom stereocenters. The molecular weight excluding hydrogens is 597 g/mol. The molecule has 0 radical (unpaired) electrons. The standard InChI is InChI=1S/C46H32N2O/c1-46(2)39-18-10-8-15-31(39)34-25-36-38-24-28(23-37-30-14-6-7-17-33(30)45(49)48(44(37)38)43(36)26-40(34)46)27-20-21-42-35(22-27)32-16-9-11-19-41(32)47(42)29-12-4-3-5-13-29/h3-9,11-17,19-26H,10,18H2,1-2H3. The van der Waals surface area contributed by atoms with E-state index in [1.165, 1.54) is 49.6 Å². The summed E-state index contributed by atoms with van der Waals surface area (Å²) in [5.41, 5.74) is 13.4. The highest BCUT2D eigenvalue weighted by molar-refractivity contribution is 6.22. The Morgan fingerprint density at radius 1 is 0.592 bits per heavy atom. The number of allylic oxidation sites excluding steroid dienone is 4. The van der Waals surface area contributed by atoms with Gasteiger partial charge in [0.15, 0.2) is 0 Å². The van der Waals surface area contributed by atoms with E-state index in [4.69, 9.17) is 0 Å². The van der Waals surface area contributed by atoms with E-state index in [9.17, 15) is 4.79 Å². The van der Waals surface area contributed by atoms with Crippen molar-refractivity contribution >= 4 is 65.3 Å². The maximum absolute atomic E-state index is 14.4. The fourth-order valence-corrected chi connectivity index (χ4v) is 9.27. The second-order valence-electron chi connectivity index (χ2n) is 14.4. The molecule has 3 heterocycles. The first kappa shape index (κ1) is 27.1. The lowest BCUT2D eigenvalue weighted by atomic mass is 9.78. The third-order valence-electron chi connectivity index (χ3n) is 11.6. The lowest BCUT2D eigenvalue weighted by Crippen LogP contribution is -2.18. The zero-order chi connectivity index (χ0) is 32.6. The summed E-state index contributed by atoms with van der Waals surface area (Å²) in [4.78, 5) is 14.4. The molecule has 232 valence electrons. The predicted molar refractivity (Wildman–Crippen MR) is 205 cm³/mol. The van der Waals surface area contributed by atoms with Gasteiger partial charge in [0.25, 0.3) is 5.56 Å². The lowest BCUT2D eigenvalue weighted by Gasteiger charge is -2.25. The third kappa shape index (κ3) is 3.44. The molecule has 3 heteroatoms. The molecule has 3 aromatic heterocycles. The van der Waals surface area contributed by atoms with Crippen molar-refractivity contribution in [1.82, 2.24) is 8.97 Å². The van der Waals surface area contributed by atoms with Crippen LogP contribution in [0.25, 0.3) is 82.2 Å². The number of fused-ring (bicyclic) bond motifs is 10. The molecule has 2 aliphatic carbocycles. The van der Waals surface area contributed by atoms with Crippen molar-refractivity contribution in [2.24, 2.45) is 0 Å². The lowest BCUT2D eigenvalue weighted by molar-refractivity contribution is 0.608. The molecule has 0 N–H and O–H groups in total. The van der Waals surface area contributed by atoms with Gasteiger partial charge in [-0.15, -0.1) is 0 Å². The molecule has 6 aromatic carbocycles.